The van der Waals surface area contributed by atoms with E-state index in [1.807, 2.05) is 24.3 Å². The summed E-state index contributed by atoms with van der Waals surface area (Å²) >= 11 is 0. The summed E-state index contributed by atoms with van der Waals surface area (Å²) in [6.45, 7) is 0. The van der Waals surface area contributed by atoms with Crippen molar-refractivity contribution in [3.63, 3.8) is 0 Å². The standard InChI is InChI=1S/C18H16O2/c19-16-15-17(12-9-5-2-6-10-12)13(14(17)18(15,16)20)11-7-3-1-4-8-11/h1-10,13-16,19-20H/t13-,14?,15?,16?,17?,18?/m1/s1. The van der Waals surface area contributed by atoms with Crippen LogP contribution in [-0.2, 0) is 5.41 Å². The highest BCUT2D eigenvalue weighted by Crippen LogP contribution is 2.92. The summed E-state index contributed by atoms with van der Waals surface area (Å²) in [7, 11) is 0. The van der Waals surface area contributed by atoms with E-state index in [0.29, 0.717) is 5.92 Å². The molecule has 3 aliphatic rings. The molecule has 6 atom stereocenters. The van der Waals surface area contributed by atoms with Crippen molar-refractivity contribution in [1.82, 2.24) is 0 Å². The lowest BCUT2D eigenvalue weighted by molar-refractivity contribution is 0.0241. The maximum absolute atomic E-state index is 10.6. The molecule has 2 aromatic carbocycles. The largest absolute Gasteiger partial charge is 0.390 e. The molecular formula is C18H16O2. The van der Waals surface area contributed by atoms with Gasteiger partial charge in [-0.3, -0.25) is 0 Å². The molecule has 0 spiro atoms. The molecule has 3 fully saturated rings. The first-order chi connectivity index (χ1) is 9.73. The van der Waals surface area contributed by atoms with E-state index in [-0.39, 0.29) is 17.3 Å². The van der Waals surface area contributed by atoms with Gasteiger partial charge in [-0.15, -0.1) is 0 Å². The zero-order chi connectivity index (χ0) is 13.5. The van der Waals surface area contributed by atoms with Crippen LogP contribution in [0.2, 0.25) is 0 Å². The van der Waals surface area contributed by atoms with Crippen LogP contribution in [0.3, 0.4) is 0 Å². The Hall–Kier alpha value is -1.64. The van der Waals surface area contributed by atoms with Crippen molar-refractivity contribution >= 4 is 0 Å². The van der Waals surface area contributed by atoms with Gasteiger partial charge in [0.1, 0.15) is 5.60 Å². The molecule has 5 rings (SSSR count). The fourth-order valence-corrected chi connectivity index (χ4v) is 5.14. The highest BCUT2D eigenvalue weighted by Gasteiger charge is 2.99. The number of benzene rings is 2. The molecule has 100 valence electrons. The third-order valence-corrected chi connectivity index (χ3v) is 5.88. The van der Waals surface area contributed by atoms with Gasteiger partial charge in [-0.1, -0.05) is 60.7 Å². The van der Waals surface area contributed by atoms with Crippen LogP contribution in [0.15, 0.2) is 60.7 Å². The van der Waals surface area contributed by atoms with Gasteiger partial charge in [0.05, 0.1) is 6.10 Å². The van der Waals surface area contributed by atoms with Gasteiger partial charge in [0, 0.05) is 23.2 Å². The molecule has 0 bridgehead atoms. The molecule has 2 aromatic rings. The number of hydrogen-bond acceptors (Lipinski definition) is 2. The van der Waals surface area contributed by atoms with Gasteiger partial charge < -0.3 is 10.2 Å². The summed E-state index contributed by atoms with van der Waals surface area (Å²) in [4.78, 5) is 0. The zero-order valence-corrected chi connectivity index (χ0v) is 11.0. The molecule has 5 unspecified atom stereocenters. The minimum Gasteiger partial charge on any atom is -0.390 e. The number of aliphatic hydroxyl groups excluding tert-OH is 1. The van der Waals surface area contributed by atoms with Crippen molar-refractivity contribution in [2.45, 2.75) is 23.0 Å². The van der Waals surface area contributed by atoms with Crippen LogP contribution in [0.1, 0.15) is 17.0 Å². The zero-order valence-electron chi connectivity index (χ0n) is 11.0. The molecule has 3 saturated carbocycles. The third-order valence-electron chi connectivity index (χ3n) is 5.88. The van der Waals surface area contributed by atoms with Crippen molar-refractivity contribution in [1.29, 1.82) is 0 Å². The van der Waals surface area contributed by atoms with Crippen LogP contribution in [0.5, 0.6) is 0 Å². The van der Waals surface area contributed by atoms with E-state index in [1.165, 1.54) is 11.1 Å². The third kappa shape index (κ3) is 0.932. The van der Waals surface area contributed by atoms with Crippen LogP contribution in [0, 0.1) is 11.8 Å². The molecule has 20 heavy (non-hydrogen) atoms. The Morgan fingerprint density at radius 1 is 0.800 bits per heavy atom. The van der Waals surface area contributed by atoms with Crippen LogP contribution in [-0.4, -0.2) is 21.9 Å². The monoisotopic (exact) mass is 264 g/mol. The lowest BCUT2D eigenvalue weighted by Crippen LogP contribution is -2.36. The van der Waals surface area contributed by atoms with Gasteiger partial charge in [0.25, 0.3) is 0 Å². The summed E-state index contributed by atoms with van der Waals surface area (Å²) in [5.41, 5.74) is 1.70. The van der Waals surface area contributed by atoms with E-state index in [2.05, 4.69) is 36.4 Å². The minimum atomic E-state index is -0.823. The SMILES string of the molecule is OC1C2C1(O)C1[C@@H](c3ccccc3)C21c1ccccc1. The number of aliphatic hydroxyl groups is 2. The lowest BCUT2D eigenvalue weighted by atomic mass is 9.76. The van der Waals surface area contributed by atoms with Crippen molar-refractivity contribution in [2.75, 3.05) is 0 Å². The Kier molecular flexibility index (Phi) is 1.75. The van der Waals surface area contributed by atoms with Gasteiger partial charge in [-0.05, 0) is 11.1 Å². The van der Waals surface area contributed by atoms with Crippen LogP contribution in [0.4, 0.5) is 0 Å². The minimum absolute atomic E-state index is 0.0209. The van der Waals surface area contributed by atoms with Crippen LogP contribution in [0.25, 0.3) is 0 Å². The fourth-order valence-electron chi connectivity index (χ4n) is 5.14. The van der Waals surface area contributed by atoms with E-state index >= 15 is 0 Å². The topological polar surface area (TPSA) is 40.5 Å². The average molecular weight is 264 g/mol. The average Bonchev–Trinajstić information content (AvgIpc) is 3.28. The summed E-state index contributed by atoms with van der Waals surface area (Å²) in [6.07, 6.45) is -0.535. The highest BCUT2D eigenvalue weighted by molar-refractivity contribution is 5.63. The van der Waals surface area contributed by atoms with Gasteiger partial charge in [-0.25, -0.2) is 0 Å². The van der Waals surface area contributed by atoms with E-state index in [4.69, 9.17) is 0 Å². The summed E-state index contributed by atoms with van der Waals surface area (Å²) in [6, 6.07) is 20.8. The maximum atomic E-state index is 10.6. The first-order valence-electron chi connectivity index (χ1n) is 7.24. The molecule has 2 heteroatoms. The Morgan fingerprint density at radius 2 is 1.40 bits per heavy atom. The number of rotatable bonds is 2. The van der Waals surface area contributed by atoms with E-state index < -0.39 is 11.7 Å². The van der Waals surface area contributed by atoms with Gasteiger partial charge >= 0.3 is 0 Å². The Morgan fingerprint density at radius 3 is 2.05 bits per heavy atom. The Bertz CT molecular complexity index is 683. The summed E-state index contributed by atoms with van der Waals surface area (Å²) in [5.74, 6) is 0.553. The normalized spacial score (nSPS) is 46.9. The second-order valence-corrected chi connectivity index (χ2v) is 6.47. The predicted molar refractivity (Wildman–Crippen MR) is 75.2 cm³/mol. The molecule has 0 heterocycles. The predicted octanol–water partition coefficient (Wildman–Crippen LogP) is 2.07. The Balaban J connectivity index is 1.64. The second-order valence-electron chi connectivity index (χ2n) is 6.47. The molecule has 2 nitrogen and oxygen atoms in total. The fraction of sp³-hybridized carbons (Fsp3) is 0.333. The number of fused-ring (bicyclic) bond motifs is 4. The van der Waals surface area contributed by atoms with Crippen LogP contribution < -0.4 is 0 Å². The molecular weight excluding hydrogens is 248 g/mol. The van der Waals surface area contributed by atoms with Gasteiger partial charge in [-0.2, -0.15) is 0 Å². The van der Waals surface area contributed by atoms with E-state index in [9.17, 15) is 10.2 Å². The maximum Gasteiger partial charge on any atom is 0.101 e. The second kappa shape index (κ2) is 3.16. The Labute approximate surface area is 117 Å². The smallest absolute Gasteiger partial charge is 0.101 e. The molecule has 0 amide bonds. The molecule has 2 N–H and O–H groups in total. The molecule has 0 radical (unpaired) electrons. The summed E-state index contributed by atoms with van der Waals surface area (Å²) in [5, 5.41) is 20.6. The molecule has 0 saturated heterocycles. The van der Waals surface area contributed by atoms with Gasteiger partial charge in [0.2, 0.25) is 0 Å². The van der Waals surface area contributed by atoms with Crippen molar-refractivity contribution in [3.8, 4) is 0 Å². The van der Waals surface area contributed by atoms with Crippen molar-refractivity contribution in [2.24, 2.45) is 11.8 Å². The lowest BCUT2D eigenvalue weighted by Gasteiger charge is -2.29. The van der Waals surface area contributed by atoms with E-state index in [1.54, 1.807) is 0 Å². The van der Waals surface area contributed by atoms with Gasteiger partial charge in [0.15, 0.2) is 0 Å². The quantitative estimate of drug-likeness (QED) is 0.872. The molecule has 0 aromatic heterocycles. The molecule has 3 aliphatic carbocycles. The first kappa shape index (κ1) is 11.1. The highest BCUT2D eigenvalue weighted by atomic mass is 16.4. The summed E-state index contributed by atoms with van der Waals surface area (Å²) < 4.78 is 0. The van der Waals surface area contributed by atoms with Crippen LogP contribution >= 0.6 is 0 Å². The number of hydrogen-bond donors (Lipinski definition) is 2. The van der Waals surface area contributed by atoms with Crippen molar-refractivity contribution in [3.05, 3.63) is 71.8 Å². The molecule has 0 aliphatic heterocycles. The van der Waals surface area contributed by atoms with Crippen molar-refractivity contribution < 1.29 is 10.2 Å². The first-order valence-corrected chi connectivity index (χ1v) is 7.24. The van der Waals surface area contributed by atoms with E-state index in [0.717, 1.165) is 0 Å².